The summed E-state index contributed by atoms with van der Waals surface area (Å²) in [5.74, 6) is 0.411. The van der Waals surface area contributed by atoms with E-state index in [-0.39, 0.29) is 24.4 Å². The molecule has 2 aromatic heterocycles. The topological polar surface area (TPSA) is 121 Å². The Morgan fingerprint density at radius 2 is 1.82 bits per heavy atom. The van der Waals surface area contributed by atoms with Crippen molar-refractivity contribution < 1.29 is 19.1 Å². The van der Waals surface area contributed by atoms with Crippen molar-refractivity contribution in [1.29, 1.82) is 0 Å². The van der Waals surface area contributed by atoms with Crippen LogP contribution in [-0.4, -0.2) is 57.0 Å². The molecule has 1 aliphatic rings. The number of carbonyl (C=O) groups excluding carboxylic acids is 2. The molecular formula is C36H43N5O4. The third-order valence-corrected chi connectivity index (χ3v) is 8.27. The van der Waals surface area contributed by atoms with Crippen molar-refractivity contribution in [3.63, 3.8) is 0 Å². The predicted octanol–water partition coefficient (Wildman–Crippen LogP) is 5.28. The molecule has 0 saturated carbocycles. The number of pyridine rings is 1. The zero-order chi connectivity index (χ0) is 31.9. The molecule has 45 heavy (non-hydrogen) atoms. The van der Waals surface area contributed by atoms with Gasteiger partial charge in [-0.2, -0.15) is 0 Å². The van der Waals surface area contributed by atoms with Gasteiger partial charge in [0, 0.05) is 43.2 Å². The number of oxazole rings is 1. The number of nitrogens with one attached hydrogen (secondary N) is 2. The first-order valence-electron chi connectivity index (χ1n) is 15.7. The lowest BCUT2D eigenvalue weighted by atomic mass is 9.99. The van der Waals surface area contributed by atoms with E-state index in [4.69, 9.17) is 4.42 Å². The lowest BCUT2D eigenvalue weighted by Gasteiger charge is -2.25. The molecule has 3 atom stereocenters. The number of carbonyl (C=O) groups is 2. The summed E-state index contributed by atoms with van der Waals surface area (Å²) in [5.41, 5.74) is 5.58. The molecule has 0 spiro atoms. The quantitative estimate of drug-likeness (QED) is 0.200. The largest absolute Gasteiger partial charge is 0.446 e. The minimum atomic E-state index is -0.865. The minimum Gasteiger partial charge on any atom is -0.446 e. The number of aliphatic hydroxyl groups excluding tert-OH is 1. The van der Waals surface area contributed by atoms with Crippen molar-refractivity contribution in [2.24, 2.45) is 0 Å². The number of likely N-dealkylation sites (tertiary alicyclic amines) is 1. The van der Waals surface area contributed by atoms with Gasteiger partial charge in [0.05, 0.1) is 17.8 Å². The molecule has 0 aliphatic carbocycles. The molecule has 236 valence electrons. The Labute approximate surface area is 265 Å². The highest BCUT2D eigenvalue weighted by molar-refractivity contribution is 6.00. The molecule has 1 aliphatic heterocycles. The van der Waals surface area contributed by atoms with Crippen molar-refractivity contribution in [2.45, 2.75) is 77.6 Å². The van der Waals surface area contributed by atoms with Crippen LogP contribution in [0.3, 0.4) is 0 Å². The van der Waals surface area contributed by atoms with E-state index in [1.807, 2.05) is 56.6 Å². The average Bonchev–Trinajstić information content (AvgIpc) is 3.70. The molecule has 0 radical (unpaired) electrons. The molecule has 9 heteroatoms. The van der Waals surface area contributed by atoms with Gasteiger partial charge in [-0.3, -0.25) is 14.6 Å². The van der Waals surface area contributed by atoms with E-state index in [2.05, 4.69) is 40.5 Å². The smallest absolute Gasteiger partial charge is 0.254 e. The number of amides is 2. The molecule has 3 heterocycles. The standard InChI is InChI=1S/C36H43N5O4/c1-23(2)30-15-27(18-37-20-30)19-38-21-33(42)31(16-26-9-6-5-7-10-26)40-34(43)28-13-24(3)14-29(17-28)36(44)41-12-8-11-32(41)35-39-25(4)22-45-35/h5-7,9-10,13-15,17-18,20,22-23,31-33,38,42H,8,11-12,16,19,21H2,1-4H3,(H,40,43)/t31-,32+,33+/m0/s1. The molecule has 4 aromatic rings. The summed E-state index contributed by atoms with van der Waals surface area (Å²) in [6.45, 7) is 9.41. The summed E-state index contributed by atoms with van der Waals surface area (Å²) in [5, 5.41) is 17.7. The van der Waals surface area contributed by atoms with E-state index in [1.54, 1.807) is 29.4 Å². The van der Waals surface area contributed by atoms with Crippen LogP contribution >= 0.6 is 0 Å². The van der Waals surface area contributed by atoms with Gasteiger partial charge in [-0.15, -0.1) is 0 Å². The first kappa shape index (κ1) is 32.1. The third kappa shape index (κ3) is 8.23. The number of aryl methyl sites for hydroxylation is 2. The maximum atomic E-state index is 13.7. The molecule has 2 aromatic carbocycles. The van der Waals surface area contributed by atoms with Crippen LogP contribution in [0.2, 0.25) is 0 Å². The molecule has 5 rings (SSSR count). The molecular weight excluding hydrogens is 566 g/mol. The fraction of sp³-hybridized carbons (Fsp3) is 0.389. The molecule has 1 fully saturated rings. The Bertz CT molecular complexity index is 1600. The van der Waals surface area contributed by atoms with Gasteiger partial charge in [0.1, 0.15) is 12.3 Å². The van der Waals surface area contributed by atoms with Gasteiger partial charge < -0.3 is 25.1 Å². The molecule has 2 amide bonds. The summed E-state index contributed by atoms with van der Waals surface area (Å²) in [4.78, 5) is 38.0. The summed E-state index contributed by atoms with van der Waals surface area (Å²) >= 11 is 0. The predicted molar refractivity (Wildman–Crippen MR) is 173 cm³/mol. The minimum absolute atomic E-state index is 0.160. The van der Waals surface area contributed by atoms with Crippen molar-refractivity contribution in [3.8, 4) is 0 Å². The fourth-order valence-electron chi connectivity index (χ4n) is 5.82. The number of hydrogen-bond acceptors (Lipinski definition) is 7. The average molecular weight is 610 g/mol. The highest BCUT2D eigenvalue weighted by atomic mass is 16.3. The molecule has 0 unspecified atom stereocenters. The molecule has 9 nitrogen and oxygen atoms in total. The highest BCUT2D eigenvalue weighted by Crippen LogP contribution is 2.33. The van der Waals surface area contributed by atoms with Crippen molar-refractivity contribution in [1.82, 2.24) is 25.5 Å². The Morgan fingerprint density at radius 1 is 1.04 bits per heavy atom. The van der Waals surface area contributed by atoms with Crippen LogP contribution in [0.4, 0.5) is 0 Å². The summed E-state index contributed by atoms with van der Waals surface area (Å²) in [6.07, 6.45) is 6.50. The van der Waals surface area contributed by atoms with E-state index >= 15 is 0 Å². The lowest BCUT2D eigenvalue weighted by molar-refractivity contribution is 0.0715. The van der Waals surface area contributed by atoms with Crippen LogP contribution in [0.1, 0.15) is 93.2 Å². The zero-order valence-electron chi connectivity index (χ0n) is 26.5. The van der Waals surface area contributed by atoms with E-state index < -0.39 is 12.1 Å². The Hall–Kier alpha value is -4.34. The number of nitrogens with zero attached hydrogens (tertiary/aromatic N) is 3. The Kier molecular flexibility index (Phi) is 10.4. The van der Waals surface area contributed by atoms with Crippen LogP contribution in [0.25, 0.3) is 0 Å². The Balaban J connectivity index is 1.29. The van der Waals surface area contributed by atoms with Gasteiger partial charge in [0.15, 0.2) is 0 Å². The third-order valence-electron chi connectivity index (χ3n) is 8.27. The number of aromatic nitrogens is 2. The van der Waals surface area contributed by atoms with Crippen molar-refractivity contribution >= 4 is 11.8 Å². The highest BCUT2D eigenvalue weighted by Gasteiger charge is 2.34. The van der Waals surface area contributed by atoms with Gasteiger partial charge in [0.25, 0.3) is 11.8 Å². The lowest BCUT2D eigenvalue weighted by Crippen LogP contribution is -2.48. The van der Waals surface area contributed by atoms with E-state index in [1.165, 1.54) is 0 Å². The second-order valence-electron chi connectivity index (χ2n) is 12.3. The molecule has 0 bridgehead atoms. The van der Waals surface area contributed by atoms with Crippen LogP contribution < -0.4 is 10.6 Å². The number of rotatable bonds is 12. The zero-order valence-corrected chi connectivity index (χ0v) is 26.5. The second kappa shape index (κ2) is 14.6. The summed E-state index contributed by atoms with van der Waals surface area (Å²) < 4.78 is 5.63. The van der Waals surface area contributed by atoms with Crippen LogP contribution in [-0.2, 0) is 13.0 Å². The van der Waals surface area contributed by atoms with Crippen LogP contribution in [0.5, 0.6) is 0 Å². The van der Waals surface area contributed by atoms with Crippen molar-refractivity contribution in [2.75, 3.05) is 13.1 Å². The van der Waals surface area contributed by atoms with E-state index in [0.717, 1.165) is 40.8 Å². The van der Waals surface area contributed by atoms with Gasteiger partial charge >= 0.3 is 0 Å². The van der Waals surface area contributed by atoms with Gasteiger partial charge in [0.2, 0.25) is 5.89 Å². The normalized spacial score (nSPS) is 16.1. The van der Waals surface area contributed by atoms with Gasteiger partial charge in [-0.05, 0) is 79.5 Å². The molecule has 1 saturated heterocycles. The fourth-order valence-corrected chi connectivity index (χ4v) is 5.82. The number of benzene rings is 2. The SMILES string of the molecule is Cc1cc(C(=O)N[C@@H](Cc2ccccc2)[C@H](O)CNCc2cncc(C(C)C)c2)cc(C(=O)N2CCC[C@@H]2c2nc(C)co2)c1. The Morgan fingerprint density at radius 3 is 2.56 bits per heavy atom. The van der Waals surface area contributed by atoms with Crippen LogP contribution in [0.15, 0.2) is 77.7 Å². The first-order chi connectivity index (χ1) is 21.7. The van der Waals surface area contributed by atoms with Gasteiger partial charge in [-0.25, -0.2) is 4.98 Å². The first-order valence-corrected chi connectivity index (χ1v) is 15.7. The number of hydrogen-bond donors (Lipinski definition) is 3. The van der Waals surface area contributed by atoms with Gasteiger partial charge in [-0.1, -0.05) is 50.2 Å². The van der Waals surface area contributed by atoms with E-state index in [9.17, 15) is 14.7 Å². The van der Waals surface area contributed by atoms with Crippen LogP contribution in [0, 0.1) is 13.8 Å². The second-order valence-corrected chi connectivity index (χ2v) is 12.3. The molecule has 3 N–H and O–H groups in total. The monoisotopic (exact) mass is 609 g/mol. The number of aliphatic hydroxyl groups is 1. The maximum absolute atomic E-state index is 13.7. The maximum Gasteiger partial charge on any atom is 0.254 e. The van der Waals surface area contributed by atoms with Crippen molar-refractivity contribution in [3.05, 3.63) is 118 Å². The summed E-state index contributed by atoms with van der Waals surface area (Å²) in [6, 6.07) is 16.3. The van der Waals surface area contributed by atoms with E-state index in [0.29, 0.717) is 42.4 Å². The summed E-state index contributed by atoms with van der Waals surface area (Å²) in [7, 11) is 0.